The van der Waals surface area contributed by atoms with Crippen LogP contribution in [0.15, 0.2) is 29.3 Å². The van der Waals surface area contributed by atoms with E-state index in [4.69, 9.17) is 0 Å². The maximum absolute atomic E-state index is 12.4. The smallest absolute Gasteiger partial charge is 0.189 e. The lowest BCUT2D eigenvalue weighted by atomic mass is 10.0. The number of rotatable bonds is 4. The van der Waals surface area contributed by atoms with Crippen LogP contribution in [0.1, 0.15) is 35.6 Å². The lowest BCUT2D eigenvalue weighted by Gasteiger charge is -2.14. The van der Waals surface area contributed by atoms with E-state index in [1.807, 2.05) is 40.0 Å². The normalized spacial score (nSPS) is 12.7. The fourth-order valence-corrected chi connectivity index (χ4v) is 2.86. The number of pyridine rings is 1. The molecule has 0 aliphatic rings. The van der Waals surface area contributed by atoms with Crippen LogP contribution in [0.4, 0.5) is 0 Å². The topological polar surface area (TPSA) is 75.6 Å². The zero-order chi connectivity index (χ0) is 16.6. The molecule has 3 aromatic rings. The molecule has 6 heteroatoms. The van der Waals surface area contributed by atoms with Gasteiger partial charge in [0.1, 0.15) is 12.2 Å². The van der Waals surface area contributed by atoms with E-state index < -0.39 is 0 Å². The minimum atomic E-state index is 0.0419. The number of nitrogens with zero attached hydrogens (tertiary/aromatic N) is 3. The monoisotopic (exact) mass is 311 g/mol. The summed E-state index contributed by atoms with van der Waals surface area (Å²) in [6.07, 6.45) is 1.54. The Hall–Kier alpha value is -2.47. The molecule has 0 bridgehead atoms. The van der Waals surface area contributed by atoms with Gasteiger partial charge in [-0.3, -0.25) is 9.48 Å². The van der Waals surface area contributed by atoms with Crippen LogP contribution in [-0.2, 0) is 13.6 Å². The van der Waals surface area contributed by atoms with Gasteiger partial charge in [0, 0.05) is 30.7 Å². The van der Waals surface area contributed by atoms with E-state index in [1.165, 1.54) is 6.33 Å². The number of H-pyrrole nitrogens is 1. The maximum atomic E-state index is 12.4. The summed E-state index contributed by atoms with van der Waals surface area (Å²) in [5, 5.41) is 8.22. The van der Waals surface area contributed by atoms with E-state index in [-0.39, 0.29) is 11.5 Å². The molecule has 2 N–H and O–H groups in total. The number of aromatic amines is 1. The third-order valence-corrected chi connectivity index (χ3v) is 4.19. The summed E-state index contributed by atoms with van der Waals surface area (Å²) in [6, 6.07) is 5.74. The van der Waals surface area contributed by atoms with Crippen molar-refractivity contribution >= 4 is 10.9 Å². The van der Waals surface area contributed by atoms with Crippen LogP contribution in [0.25, 0.3) is 10.9 Å². The molecule has 1 aromatic carbocycles. The van der Waals surface area contributed by atoms with Crippen molar-refractivity contribution in [3.05, 3.63) is 57.4 Å². The summed E-state index contributed by atoms with van der Waals surface area (Å²) < 4.78 is 1.74. The molecule has 0 saturated carbocycles. The average molecular weight is 311 g/mol. The molecule has 0 aliphatic heterocycles. The zero-order valence-corrected chi connectivity index (χ0v) is 13.8. The van der Waals surface area contributed by atoms with Crippen molar-refractivity contribution < 1.29 is 0 Å². The first-order chi connectivity index (χ1) is 11.0. The lowest BCUT2D eigenvalue weighted by molar-refractivity contribution is 0.514. The first kappa shape index (κ1) is 15.4. The van der Waals surface area contributed by atoms with Crippen molar-refractivity contribution in [1.29, 1.82) is 0 Å². The van der Waals surface area contributed by atoms with Gasteiger partial charge >= 0.3 is 0 Å². The molecule has 1 atom stereocenters. The van der Waals surface area contributed by atoms with Crippen LogP contribution in [0.5, 0.6) is 0 Å². The van der Waals surface area contributed by atoms with E-state index in [9.17, 15) is 4.79 Å². The number of aryl methyl sites for hydroxylation is 3. The third-order valence-electron chi connectivity index (χ3n) is 4.19. The highest BCUT2D eigenvalue weighted by Gasteiger charge is 2.12. The molecule has 0 radical (unpaired) electrons. The minimum Gasteiger partial charge on any atom is -0.357 e. The Kier molecular flexibility index (Phi) is 4.00. The Labute approximate surface area is 134 Å². The molecule has 0 amide bonds. The van der Waals surface area contributed by atoms with Gasteiger partial charge in [0.25, 0.3) is 0 Å². The maximum Gasteiger partial charge on any atom is 0.189 e. The number of nitrogens with one attached hydrogen (secondary N) is 2. The van der Waals surface area contributed by atoms with Crippen molar-refractivity contribution in [2.75, 3.05) is 0 Å². The molecular formula is C17H21N5O. The highest BCUT2D eigenvalue weighted by molar-refractivity contribution is 5.84. The Morgan fingerprint density at radius 3 is 2.74 bits per heavy atom. The average Bonchev–Trinajstić information content (AvgIpc) is 2.94. The predicted molar refractivity (Wildman–Crippen MR) is 90.3 cm³/mol. The van der Waals surface area contributed by atoms with Crippen molar-refractivity contribution in [2.45, 2.75) is 33.4 Å². The van der Waals surface area contributed by atoms with Crippen LogP contribution >= 0.6 is 0 Å². The van der Waals surface area contributed by atoms with E-state index in [2.05, 4.69) is 20.4 Å². The molecule has 0 spiro atoms. The fraction of sp³-hybridized carbons (Fsp3) is 0.353. The molecule has 3 rings (SSSR count). The highest BCUT2D eigenvalue weighted by atomic mass is 16.1. The third kappa shape index (κ3) is 2.90. The zero-order valence-electron chi connectivity index (χ0n) is 13.8. The molecule has 120 valence electrons. The second kappa shape index (κ2) is 5.96. The number of aromatic nitrogens is 4. The van der Waals surface area contributed by atoms with Gasteiger partial charge in [-0.1, -0.05) is 12.1 Å². The summed E-state index contributed by atoms with van der Waals surface area (Å²) in [5.41, 5.74) is 3.92. The lowest BCUT2D eigenvalue weighted by Crippen LogP contribution is -2.23. The molecule has 0 unspecified atom stereocenters. The molecule has 0 aliphatic carbocycles. The van der Waals surface area contributed by atoms with Gasteiger partial charge in [-0.15, -0.1) is 0 Å². The first-order valence-electron chi connectivity index (χ1n) is 7.66. The van der Waals surface area contributed by atoms with Gasteiger partial charge in [0.05, 0.1) is 11.6 Å². The number of hydrogen-bond acceptors (Lipinski definition) is 4. The van der Waals surface area contributed by atoms with E-state index >= 15 is 0 Å². The van der Waals surface area contributed by atoms with Crippen LogP contribution in [0.2, 0.25) is 0 Å². The van der Waals surface area contributed by atoms with Crippen LogP contribution in [0.3, 0.4) is 0 Å². The molecule has 0 fully saturated rings. The molecule has 6 nitrogen and oxygen atoms in total. The van der Waals surface area contributed by atoms with Crippen LogP contribution in [-0.4, -0.2) is 19.7 Å². The standard InChI is InChI=1S/C17H21N5O/c1-10-5-6-11(2)16-15(10)14(23)7-13(21-16)8-18-12(3)17-19-9-20-22(17)4/h5-7,9,12,18H,8H2,1-4H3,(H,21,23)/t12-/m0/s1. The molecule has 2 heterocycles. The quantitative estimate of drug-likeness (QED) is 0.774. The molecule has 23 heavy (non-hydrogen) atoms. The fourth-order valence-electron chi connectivity index (χ4n) is 2.86. The molecule has 0 saturated heterocycles. The second-order valence-corrected chi connectivity index (χ2v) is 5.95. The van der Waals surface area contributed by atoms with Gasteiger partial charge < -0.3 is 10.3 Å². The summed E-state index contributed by atoms with van der Waals surface area (Å²) in [7, 11) is 1.87. The van der Waals surface area contributed by atoms with Gasteiger partial charge in [0.2, 0.25) is 0 Å². The Balaban J connectivity index is 1.88. The van der Waals surface area contributed by atoms with Crippen molar-refractivity contribution in [2.24, 2.45) is 7.05 Å². The number of benzene rings is 1. The SMILES string of the molecule is Cc1ccc(C)c2c(=O)cc(CN[C@@H](C)c3ncnn3C)[nH]c12. The van der Waals surface area contributed by atoms with Gasteiger partial charge in [0.15, 0.2) is 5.43 Å². The van der Waals surface area contributed by atoms with Crippen LogP contribution in [0, 0.1) is 13.8 Å². The Morgan fingerprint density at radius 2 is 2.04 bits per heavy atom. The predicted octanol–water partition coefficient (Wildman–Crippen LogP) is 2.12. The summed E-state index contributed by atoms with van der Waals surface area (Å²) in [5.74, 6) is 0.861. The van der Waals surface area contributed by atoms with E-state index in [1.54, 1.807) is 10.7 Å². The minimum absolute atomic E-state index is 0.0419. The van der Waals surface area contributed by atoms with E-state index in [0.717, 1.165) is 33.5 Å². The van der Waals surface area contributed by atoms with Crippen molar-refractivity contribution in [3.8, 4) is 0 Å². The highest BCUT2D eigenvalue weighted by Crippen LogP contribution is 2.17. The second-order valence-electron chi connectivity index (χ2n) is 5.95. The first-order valence-corrected chi connectivity index (χ1v) is 7.66. The van der Waals surface area contributed by atoms with E-state index in [0.29, 0.717) is 6.54 Å². The van der Waals surface area contributed by atoms with Crippen molar-refractivity contribution in [1.82, 2.24) is 25.1 Å². The summed E-state index contributed by atoms with van der Waals surface area (Å²) in [4.78, 5) is 20.1. The van der Waals surface area contributed by atoms with Gasteiger partial charge in [-0.25, -0.2) is 4.98 Å². The molecule has 2 aromatic heterocycles. The largest absolute Gasteiger partial charge is 0.357 e. The van der Waals surface area contributed by atoms with Gasteiger partial charge in [-0.05, 0) is 31.9 Å². The Bertz CT molecular complexity index is 909. The Morgan fingerprint density at radius 1 is 1.30 bits per heavy atom. The number of fused-ring (bicyclic) bond motifs is 1. The van der Waals surface area contributed by atoms with Crippen LogP contribution < -0.4 is 10.7 Å². The number of hydrogen-bond donors (Lipinski definition) is 2. The summed E-state index contributed by atoms with van der Waals surface area (Å²) in [6.45, 7) is 6.56. The van der Waals surface area contributed by atoms with Gasteiger partial charge in [-0.2, -0.15) is 5.10 Å². The van der Waals surface area contributed by atoms with Crippen molar-refractivity contribution in [3.63, 3.8) is 0 Å². The summed E-state index contributed by atoms with van der Waals surface area (Å²) >= 11 is 0. The molecular weight excluding hydrogens is 290 g/mol.